The molecule has 2 aromatic carbocycles. The zero-order chi connectivity index (χ0) is 17.4. The molecule has 0 saturated carbocycles. The van der Waals surface area contributed by atoms with Crippen LogP contribution in [0.5, 0.6) is 0 Å². The third-order valence-electron chi connectivity index (χ3n) is 4.12. The van der Waals surface area contributed by atoms with Gasteiger partial charge in [-0.3, -0.25) is 4.99 Å². The van der Waals surface area contributed by atoms with Gasteiger partial charge in [-0.25, -0.2) is 0 Å². The van der Waals surface area contributed by atoms with E-state index in [1.165, 1.54) is 11.1 Å². The largest absolute Gasteiger partial charge is 0.370 e. The number of nitrogens with zero attached hydrogens (tertiary/aromatic N) is 2. The first-order valence-electron chi connectivity index (χ1n) is 8.44. The summed E-state index contributed by atoms with van der Waals surface area (Å²) in [5.74, 6) is 0.461. The molecule has 0 aromatic heterocycles. The van der Waals surface area contributed by atoms with Crippen LogP contribution < -0.4 is 11.1 Å². The Labute approximate surface area is 168 Å². The van der Waals surface area contributed by atoms with Gasteiger partial charge in [-0.15, -0.1) is 24.0 Å². The first kappa shape index (κ1) is 21.4. The summed E-state index contributed by atoms with van der Waals surface area (Å²) in [6.07, 6.45) is 1.96. The Bertz CT molecular complexity index is 656. The first-order chi connectivity index (χ1) is 11.6. The van der Waals surface area contributed by atoms with E-state index in [4.69, 9.17) is 5.73 Å². The Balaban J connectivity index is 0.00000312. The highest BCUT2D eigenvalue weighted by molar-refractivity contribution is 14.0. The van der Waals surface area contributed by atoms with Crippen molar-refractivity contribution < 1.29 is 0 Å². The summed E-state index contributed by atoms with van der Waals surface area (Å²) in [6, 6.07) is 19.1. The number of hydrogen-bond acceptors (Lipinski definition) is 2. The van der Waals surface area contributed by atoms with Crippen molar-refractivity contribution in [3.8, 4) is 0 Å². The van der Waals surface area contributed by atoms with Crippen molar-refractivity contribution >= 4 is 35.6 Å². The SMILES string of the molecule is CCc1cccc(NC(N)=NCC(Cc2ccccc2)N(C)C)c1.I. The topological polar surface area (TPSA) is 53.6 Å². The van der Waals surface area contributed by atoms with Crippen LogP contribution in [0.1, 0.15) is 18.1 Å². The van der Waals surface area contributed by atoms with Gasteiger partial charge < -0.3 is 16.0 Å². The van der Waals surface area contributed by atoms with Crippen LogP contribution >= 0.6 is 24.0 Å². The minimum absolute atomic E-state index is 0. The van der Waals surface area contributed by atoms with Crippen LogP contribution in [0.3, 0.4) is 0 Å². The van der Waals surface area contributed by atoms with Crippen molar-refractivity contribution in [3.63, 3.8) is 0 Å². The number of nitrogens with one attached hydrogen (secondary N) is 1. The number of likely N-dealkylation sites (N-methyl/N-ethyl adjacent to an activating group) is 1. The maximum atomic E-state index is 6.06. The highest BCUT2D eigenvalue weighted by Gasteiger charge is 2.12. The summed E-state index contributed by atoms with van der Waals surface area (Å²) in [6.45, 7) is 2.80. The van der Waals surface area contributed by atoms with Crippen molar-refractivity contribution in [1.29, 1.82) is 0 Å². The van der Waals surface area contributed by atoms with Gasteiger partial charge in [-0.1, -0.05) is 49.4 Å². The summed E-state index contributed by atoms with van der Waals surface area (Å²) >= 11 is 0. The van der Waals surface area contributed by atoms with Crippen LogP contribution in [0.4, 0.5) is 5.69 Å². The van der Waals surface area contributed by atoms with Crippen molar-refractivity contribution in [2.75, 3.05) is 26.0 Å². The molecule has 2 rings (SSSR count). The highest BCUT2D eigenvalue weighted by atomic mass is 127. The van der Waals surface area contributed by atoms with Crippen molar-refractivity contribution in [1.82, 2.24) is 4.90 Å². The van der Waals surface area contributed by atoms with Gasteiger partial charge in [0, 0.05) is 11.7 Å². The fourth-order valence-corrected chi connectivity index (χ4v) is 2.56. The Morgan fingerprint density at radius 3 is 2.40 bits per heavy atom. The van der Waals surface area contributed by atoms with E-state index in [-0.39, 0.29) is 24.0 Å². The predicted octanol–water partition coefficient (Wildman–Crippen LogP) is 3.77. The number of guanidine groups is 1. The zero-order valence-corrected chi connectivity index (χ0v) is 17.6. The number of nitrogens with two attached hydrogens (primary N) is 1. The maximum Gasteiger partial charge on any atom is 0.193 e. The molecule has 2 aromatic rings. The molecule has 5 heteroatoms. The minimum Gasteiger partial charge on any atom is -0.370 e. The van der Waals surface area contributed by atoms with Gasteiger partial charge >= 0.3 is 0 Å². The molecule has 0 bridgehead atoms. The molecule has 1 atom stereocenters. The Morgan fingerprint density at radius 2 is 1.76 bits per heavy atom. The van der Waals surface area contributed by atoms with Gasteiger partial charge in [0.25, 0.3) is 0 Å². The standard InChI is InChI=1S/C20H28N4.HI/c1-4-16-11-8-12-18(13-16)23-20(21)22-15-19(24(2)3)14-17-9-6-5-7-10-17;/h5-13,19H,4,14-15H2,1-3H3,(H3,21,22,23);1H. The second-order valence-corrected chi connectivity index (χ2v) is 6.21. The third-order valence-corrected chi connectivity index (χ3v) is 4.12. The molecule has 0 heterocycles. The molecule has 4 nitrogen and oxygen atoms in total. The Morgan fingerprint density at radius 1 is 1.08 bits per heavy atom. The number of benzene rings is 2. The third kappa shape index (κ3) is 7.44. The maximum absolute atomic E-state index is 6.06. The van der Waals surface area contributed by atoms with E-state index in [1.54, 1.807) is 0 Å². The lowest BCUT2D eigenvalue weighted by Gasteiger charge is -2.23. The van der Waals surface area contributed by atoms with Gasteiger partial charge in [0.2, 0.25) is 0 Å². The number of aliphatic imine (C=N–C) groups is 1. The lowest BCUT2D eigenvalue weighted by molar-refractivity contribution is 0.298. The fraction of sp³-hybridized carbons (Fsp3) is 0.350. The molecule has 0 saturated heterocycles. The van der Waals surface area contributed by atoms with Crippen molar-refractivity contribution in [2.45, 2.75) is 25.8 Å². The molecular weight excluding hydrogens is 423 g/mol. The predicted molar refractivity (Wildman–Crippen MR) is 119 cm³/mol. The summed E-state index contributed by atoms with van der Waals surface area (Å²) in [7, 11) is 4.16. The summed E-state index contributed by atoms with van der Waals surface area (Å²) < 4.78 is 0. The quantitative estimate of drug-likeness (QED) is 0.382. The molecule has 0 aliphatic carbocycles. The van der Waals surface area contributed by atoms with Crippen LogP contribution in [0.15, 0.2) is 59.6 Å². The van der Waals surface area contributed by atoms with Gasteiger partial charge in [-0.05, 0) is 50.2 Å². The number of halogens is 1. The molecule has 136 valence electrons. The Hall–Kier alpha value is -1.60. The molecule has 0 amide bonds. The summed E-state index contributed by atoms with van der Waals surface area (Å²) in [5, 5.41) is 3.18. The molecule has 1 unspecified atom stereocenters. The summed E-state index contributed by atoms with van der Waals surface area (Å²) in [5.41, 5.74) is 9.64. The molecule has 0 aliphatic heterocycles. The molecule has 25 heavy (non-hydrogen) atoms. The smallest absolute Gasteiger partial charge is 0.193 e. The van der Waals surface area contributed by atoms with Crippen LogP contribution in [0.25, 0.3) is 0 Å². The first-order valence-corrected chi connectivity index (χ1v) is 8.44. The average Bonchev–Trinajstić information content (AvgIpc) is 2.59. The lowest BCUT2D eigenvalue weighted by atomic mass is 10.1. The second kappa shape index (κ2) is 11.1. The molecule has 0 radical (unpaired) electrons. The van der Waals surface area contributed by atoms with E-state index in [1.807, 2.05) is 18.2 Å². The highest BCUT2D eigenvalue weighted by Crippen LogP contribution is 2.11. The van der Waals surface area contributed by atoms with E-state index in [0.29, 0.717) is 18.5 Å². The van der Waals surface area contributed by atoms with E-state index in [0.717, 1.165) is 18.5 Å². The van der Waals surface area contributed by atoms with Crippen molar-refractivity contribution in [2.24, 2.45) is 10.7 Å². The minimum atomic E-state index is 0. The van der Waals surface area contributed by atoms with Crippen molar-refractivity contribution in [3.05, 3.63) is 65.7 Å². The van der Waals surface area contributed by atoms with Crippen LogP contribution in [-0.2, 0) is 12.8 Å². The number of rotatable bonds is 7. The number of aryl methyl sites for hydroxylation is 1. The van der Waals surface area contributed by atoms with Crippen LogP contribution in [0.2, 0.25) is 0 Å². The monoisotopic (exact) mass is 452 g/mol. The van der Waals surface area contributed by atoms with Crippen LogP contribution in [-0.4, -0.2) is 37.5 Å². The van der Waals surface area contributed by atoms with E-state index in [9.17, 15) is 0 Å². The lowest BCUT2D eigenvalue weighted by Crippen LogP contribution is -2.34. The normalized spacial score (nSPS) is 12.6. The Kier molecular flexibility index (Phi) is 9.52. The molecular formula is C20H29IN4. The zero-order valence-electron chi connectivity index (χ0n) is 15.3. The van der Waals surface area contributed by atoms with Gasteiger partial charge in [0.1, 0.15) is 0 Å². The molecule has 0 spiro atoms. The number of hydrogen-bond donors (Lipinski definition) is 2. The average molecular weight is 452 g/mol. The van der Waals surface area contributed by atoms with Gasteiger partial charge in [0.05, 0.1) is 6.54 Å². The van der Waals surface area contributed by atoms with Crippen LogP contribution in [0, 0.1) is 0 Å². The molecule has 0 fully saturated rings. The molecule has 3 N–H and O–H groups in total. The van der Waals surface area contributed by atoms with E-state index < -0.39 is 0 Å². The second-order valence-electron chi connectivity index (χ2n) is 6.21. The van der Waals surface area contributed by atoms with Gasteiger partial charge in [0.15, 0.2) is 5.96 Å². The fourth-order valence-electron chi connectivity index (χ4n) is 2.56. The van der Waals surface area contributed by atoms with E-state index >= 15 is 0 Å². The summed E-state index contributed by atoms with van der Waals surface area (Å²) in [4.78, 5) is 6.73. The number of anilines is 1. The molecule has 0 aliphatic rings. The van der Waals surface area contributed by atoms with Gasteiger partial charge in [-0.2, -0.15) is 0 Å². The van der Waals surface area contributed by atoms with E-state index in [2.05, 4.69) is 72.6 Å².